The van der Waals surface area contributed by atoms with Crippen LogP contribution in [0, 0.1) is 11.8 Å². The fraction of sp³-hybridized carbons (Fsp3) is 0.889. The van der Waals surface area contributed by atoms with Gasteiger partial charge in [-0.2, -0.15) is 0 Å². The lowest BCUT2D eigenvalue weighted by atomic mass is 9.77. The molecule has 3 unspecified atom stereocenters. The minimum Gasteiger partial charge on any atom is -0.359 e. The first-order chi connectivity index (χ1) is 5.66. The molecule has 1 amide bonds. The molecule has 1 aliphatic carbocycles. The number of nitrogens with one attached hydrogen (secondary N) is 1. The molecule has 0 aromatic rings. The van der Waals surface area contributed by atoms with Crippen molar-refractivity contribution in [2.75, 3.05) is 7.05 Å². The third-order valence-electron chi connectivity index (χ3n) is 2.82. The lowest BCUT2D eigenvalue weighted by Gasteiger charge is -2.32. The summed E-state index contributed by atoms with van der Waals surface area (Å²) in [6.45, 7) is 2.11. The van der Waals surface area contributed by atoms with Crippen LogP contribution in [-0.4, -0.2) is 19.0 Å². The average molecular weight is 170 g/mol. The van der Waals surface area contributed by atoms with Gasteiger partial charge in [-0.25, -0.2) is 0 Å². The molecule has 3 nitrogen and oxygen atoms in total. The van der Waals surface area contributed by atoms with Gasteiger partial charge in [0, 0.05) is 13.1 Å². The molecule has 0 saturated heterocycles. The fourth-order valence-corrected chi connectivity index (χ4v) is 2.08. The number of carbonyl (C=O) groups excluding carboxylic acids is 1. The van der Waals surface area contributed by atoms with Crippen molar-refractivity contribution < 1.29 is 4.79 Å². The van der Waals surface area contributed by atoms with Gasteiger partial charge in [0.25, 0.3) is 0 Å². The van der Waals surface area contributed by atoms with E-state index in [0.717, 1.165) is 19.3 Å². The van der Waals surface area contributed by atoms with Crippen molar-refractivity contribution in [1.29, 1.82) is 0 Å². The molecule has 3 heteroatoms. The van der Waals surface area contributed by atoms with Crippen molar-refractivity contribution in [2.24, 2.45) is 17.6 Å². The Bertz CT molecular complexity index is 160. The van der Waals surface area contributed by atoms with E-state index in [1.54, 1.807) is 7.05 Å². The maximum atomic E-state index is 11.4. The molecule has 0 radical (unpaired) electrons. The summed E-state index contributed by atoms with van der Waals surface area (Å²) in [5.41, 5.74) is 5.89. The number of hydrogen-bond acceptors (Lipinski definition) is 2. The highest BCUT2D eigenvalue weighted by Crippen LogP contribution is 2.28. The van der Waals surface area contributed by atoms with E-state index in [4.69, 9.17) is 5.73 Å². The molecule has 0 aromatic heterocycles. The topological polar surface area (TPSA) is 55.1 Å². The Labute approximate surface area is 73.7 Å². The summed E-state index contributed by atoms with van der Waals surface area (Å²) in [6, 6.07) is 0.0636. The first-order valence-corrected chi connectivity index (χ1v) is 4.64. The summed E-state index contributed by atoms with van der Waals surface area (Å²) >= 11 is 0. The summed E-state index contributed by atoms with van der Waals surface area (Å²) in [4.78, 5) is 11.4. The number of hydrogen-bond donors (Lipinski definition) is 2. The fourth-order valence-electron chi connectivity index (χ4n) is 2.08. The molecule has 1 rings (SSSR count). The Kier molecular flexibility index (Phi) is 3.09. The molecule has 0 spiro atoms. The molecule has 70 valence electrons. The highest BCUT2D eigenvalue weighted by Gasteiger charge is 2.32. The van der Waals surface area contributed by atoms with Gasteiger partial charge in [-0.15, -0.1) is 0 Å². The second-order valence-electron chi connectivity index (χ2n) is 3.71. The first-order valence-electron chi connectivity index (χ1n) is 4.64. The molecular weight excluding hydrogens is 152 g/mol. The largest absolute Gasteiger partial charge is 0.359 e. The van der Waals surface area contributed by atoms with Gasteiger partial charge in [0.05, 0.1) is 5.92 Å². The van der Waals surface area contributed by atoms with Crippen LogP contribution in [0.25, 0.3) is 0 Å². The van der Waals surface area contributed by atoms with Crippen LogP contribution in [0.1, 0.15) is 26.2 Å². The molecule has 1 aliphatic rings. The van der Waals surface area contributed by atoms with Gasteiger partial charge in [0.2, 0.25) is 5.91 Å². The normalized spacial score (nSPS) is 36.1. The van der Waals surface area contributed by atoms with E-state index < -0.39 is 0 Å². The lowest BCUT2D eigenvalue weighted by molar-refractivity contribution is -0.127. The second-order valence-corrected chi connectivity index (χ2v) is 3.71. The average Bonchev–Trinajstić information content (AvgIpc) is 2.03. The van der Waals surface area contributed by atoms with Gasteiger partial charge in [-0.1, -0.05) is 13.3 Å². The quantitative estimate of drug-likeness (QED) is 0.602. The Morgan fingerprint density at radius 2 is 2.17 bits per heavy atom. The Morgan fingerprint density at radius 1 is 1.50 bits per heavy atom. The number of rotatable bonds is 1. The third-order valence-corrected chi connectivity index (χ3v) is 2.82. The van der Waals surface area contributed by atoms with E-state index in [1.807, 2.05) is 0 Å². The van der Waals surface area contributed by atoms with Crippen molar-refractivity contribution in [1.82, 2.24) is 5.32 Å². The standard InChI is InChI=1S/C9H18N2O/c1-6-4-3-5-7(10)8(6)9(12)11-2/h6-8H,3-5,10H2,1-2H3,(H,11,12). The zero-order valence-corrected chi connectivity index (χ0v) is 7.84. The van der Waals surface area contributed by atoms with Crippen LogP contribution in [0.4, 0.5) is 0 Å². The van der Waals surface area contributed by atoms with Crippen LogP contribution in [-0.2, 0) is 4.79 Å². The predicted molar refractivity (Wildman–Crippen MR) is 48.5 cm³/mol. The maximum Gasteiger partial charge on any atom is 0.224 e. The summed E-state index contributed by atoms with van der Waals surface area (Å²) in [7, 11) is 1.68. The molecule has 3 atom stereocenters. The van der Waals surface area contributed by atoms with E-state index in [-0.39, 0.29) is 17.9 Å². The molecule has 0 aromatic carbocycles. The Balaban J connectivity index is 2.62. The van der Waals surface area contributed by atoms with Gasteiger partial charge in [0.15, 0.2) is 0 Å². The predicted octanol–water partition coefficient (Wildman–Crippen LogP) is 0.496. The summed E-state index contributed by atoms with van der Waals surface area (Å²) < 4.78 is 0. The highest BCUT2D eigenvalue weighted by molar-refractivity contribution is 5.79. The zero-order valence-electron chi connectivity index (χ0n) is 7.84. The van der Waals surface area contributed by atoms with E-state index in [2.05, 4.69) is 12.2 Å². The van der Waals surface area contributed by atoms with Gasteiger partial charge in [-0.05, 0) is 18.8 Å². The zero-order chi connectivity index (χ0) is 9.14. The smallest absolute Gasteiger partial charge is 0.224 e. The number of carbonyl (C=O) groups is 1. The van der Waals surface area contributed by atoms with Crippen LogP contribution >= 0.6 is 0 Å². The molecule has 0 aliphatic heterocycles. The molecular formula is C9H18N2O. The van der Waals surface area contributed by atoms with Crippen LogP contribution in [0.15, 0.2) is 0 Å². The minimum absolute atomic E-state index is 0.0312. The Morgan fingerprint density at radius 3 is 2.67 bits per heavy atom. The van der Waals surface area contributed by atoms with Crippen molar-refractivity contribution in [2.45, 2.75) is 32.2 Å². The van der Waals surface area contributed by atoms with E-state index in [0.29, 0.717) is 5.92 Å². The lowest BCUT2D eigenvalue weighted by Crippen LogP contribution is -2.46. The van der Waals surface area contributed by atoms with E-state index in [9.17, 15) is 4.79 Å². The van der Waals surface area contributed by atoms with Crippen molar-refractivity contribution in [3.05, 3.63) is 0 Å². The number of amides is 1. The van der Waals surface area contributed by atoms with Crippen LogP contribution in [0.2, 0.25) is 0 Å². The number of nitrogens with two attached hydrogens (primary N) is 1. The van der Waals surface area contributed by atoms with Crippen molar-refractivity contribution in [3.63, 3.8) is 0 Å². The highest BCUT2D eigenvalue weighted by atomic mass is 16.1. The van der Waals surface area contributed by atoms with Crippen molar-refractivity contribution >= 4 is 5.91 Å². The monoisotopic (exact) mass is 170 g/mol. The van der Waals surface area contributed by atoms with Crippen LogP contribution < -0.4 is 11.1 Å². The van der Waals surface area contributed by atoms with E-state index in [1.165, 1.54) is 0 Å². The summed E-state index contributed by atoms with van der Waals surface area (Å²) in [5, 5.41) is 2.68. The van der Waals surface area contributed by atoms with Crippen LogP contribution in [0.5, 0.6) is 0 Å². The second kappa shape index (κ2) is 3.90. The van der Waals surface area contributed by atoms with Crippen LogP contribution in [0.3, 0.4) is 0 Å². The molecule has 0 heterocycles. The first kappa shape index (κ1) is 9.52. The summed E-state index contributed by atoms with van der Waals surface area (Å²) in [5.74, 6) is 0.576. The maximum absolute atomic E-state index is 11.4. The van der Waals surface area contributed by atoms with Gasteiger partial charge < -0.3 is 11.1 Å². The molecule has 1 saturated carbocycles. The van der Waals surface area contributed by atoms with Crippen molar-refractivity contribution in [3.8, 4) is 0 Å². The molecule has 0 bridgehead atoms. The minimum atomic E-state index is 0.0312. The van der Waals surface area contributed by atoms with Gasteiger partial charge in [0.1, 0.15) is 0 Å². The Hall–Kier alpha value is -0.570. The SMILES string of the molecule is CNC(=O)C1C(C)CCCC1N. The molecule has 12 heavy (non-hydrogen) atoms. The third kappa shape index (κ3) is 1.78. The van der Waals surface area contributed by atoms with Gasteiger partial charge in [-0.3, -0.25) is 4.79 Å². The molecule has 3 N–H and O–H groups in total. The summed E-state index contributed by atoms with van der Waals surface area (Å²) in [6.07, 6.45) is 3.28. The van der Waals surface area contributed by atoms with Gasteiger partial charge >= 0.3 is 0 Å². The molecule has 1 fully saturated rings. The van der Waals surface area contributed by atoms with E-state index >= 15 is 0 Å².